The standard InChI is InChI=1S/C17H19N5O5/c1-20-15-14(16(24)21(2)17(20)25)22(9-18-15)8-13(23)19-10-5-11(26-3)7-12(6-10)27-4/h5-7,9H,8H2,1-4H3,(H,19,23). The van der Waals surface area contributed by atoms with E-state index in [9.17, 15) is 14.4 Å². The fourth-order valence-electron chi connectivity index (χ4n) is 2.75. The molecule has 2 aromatic heterocycles. The van der Waals surface area contributed by atoms with Crippen LogP contribution in [0, 0.1) is 0 Å². The second kappa shape index (κ2) is 6.98. The van der Waals surface area contributed by atoms with Crippen molar-refractivity contribution in [3.63, 3.8) is 0 Å². The van der Waals surface area contributed by atoms with Gasteiger partial charge in [-0.3, -0.25) is 18.7 Å². The highest BCUT2D eigenvalue weighted by Gasteiger charge is 2.16. The first kappa shape index (κ1) is 18.2. The van der Waals surface area contributed by atoms with Crippen molar-refractivity contribution in [2.75, 3.05) is 19.5 Å². The number of methoxy groups -OCH3 is 2. The molecule has 27 heavy (non-hydrogen) atoms. The molecule has 0 fully saturated rings. The summed E-state index contributed by atoms with van der Waals surface area (Å²) in [6.45, 7) is -0.149. The minimum Gasteiger partial charge on any atom is -0.497 e. The van der Waals surface area contributed by atoms with Crippen LogP contribution in [0.2, 0.25) is 0 Å². The van der Waals surface area contributed by atoms with Gasteiger partial charge in [-0.2, -0.15) is 0 Å². The van der Waals surface area contributed by atoms with Crippen molar-refractivity contribution in [2.24, 2.45) is 14.1 Å². The molecule has 10 nitrogen and oxygen atoms in total. The van der Waals surface area contributed by atoms with Crippen LogP contribution in [0.25, 0.3) is 11.2 Å². The van der Waals surface area contributed by atoms with E-state index in [2.05, 4.69) is 10.3 Å². The quantitative estimate of drug-likeness (QED) is 0.679. The maximum Gasteiger partial charge on any atom is 0.332 e. The molecule has 0 unspecified atom stereocenters. The molecular weight excluding hydrogens is 354 g/mol. The Kier molecular flexibility index (Phi) is 4.72. The monoisotopic (exact) mass is 373 g/mol. The van der Waals surface area contributed by atoms with Crippen LogP contribution in [0.4, 0.5) is 5.69 Å². The fraction of sp³-hybridized carbons (Fsp3) is 0.294. The molecule has 2 heterocycles. The number of rotatable bonds is 5. The molecule has 1 N–H and O–H groups in total. The Bertz CT molecular complexity index is 1120. The van der Waals surface area contributed by atoms with E-state index in [-0.39, 0.29) is 23.6 Å². The third-order valence-corrected chi connectivity index (χ3v) is 4.17. The molecule has 0 bridgehead atoms. The molecule has 0 aliphatic carbocycles. The van der Waals surface area contributed by atoms with Crippen LogP contribution in [0.3, 0.4) is 0 Å². The molecule has 1 amide bonds. The number of carbonyl (C=O) groups is 1. The van der Waals surface area contributed by atoms with Crippen molar-refractivity contribution >= 4 is 22.8 Å². The molecule has 10 heteroatoms. The topological polar surface area (TPSA) is 109 Å². The van der Waals surface area contributed by atoms with Gasteiger partial charge in [-0.25, -0.2) is 9.78 Å². The normalized spacial score (nSPS) is 10.8. The zero-order valence-electron chi connectivity index (χ0n) is 15.3. The number of nitrogens with one attached hydrogen (secondary N) is 1. The SMILES string of the molecule is COc1cc(NC(=O)Cn2cnc3c2c(=O)n(C)c(=O)n3C)cc(OC)c1. The number of carbonyl (C=O) groups excluding carboxylic acids is 1. The molecule has 0 aliphatic heterocycles. The van der Waals surface area contributed by atoms with Crippen molar-refractivity contribution in [3.8, 4) is 11.5 Å². The molecular formula is C17H19N5O5. The van der Waals surface area contributed by atoms with Crippen molar-refractivity contribution in [3.05, 3.63) is 45.4 Å². The van der Waals surface area contributed by atoms with Gasteiger partial charge in [-0.05, 0) is 0 Å². The average molecular weight is 373 g/mol. The van der Waals surface area contributed by atoms with Crippen molar-refractivity contribution in [1.29, 1.82) is 0 Å². The van der Waals surface area contributed by atoms with E-state index >= 15 is 0 Å². The number of imidazole rings is 1. The largest absolute Gasteiger partial charge is 0.497 e. The highest BCUT2D eigenvalue weighted by molar-refractivity contribution is 5.91. The van der Waals surface area contributed by atoms with Crippen LogP contribution in [-0.4, -0.2) is 38.8 Å². The lowest BCUT2D eigenvalue weighted by molar-refractivity contribution is -0.116. The summed E-state index contributed by atoms with van der Waals surface area (Å²) in [6.07, 6.45) is 1.36. The van der Waals surface area contributed by atoms with Gasteiger partial charge in [0.2, 0.25) is 5.91 Å². The molecule has 3 aromatic rings. The van der Waals surface area contributed by atoms with Gasteiger partial charge in [0.15, 0.2) is 11.2 Å². The predicted octanol–water partition coefficient (Wildman–Crippen LogP) is 0.0896. The molecule has 0 spiro atoms. The zero-order valence-corrected chi connectivity index (χ0v) is 15.3. The smallest absolute Gasteiger partial charge is 0.332 e. The number of nitrogens with zero attached hydrogens (tertiary/aromatic N) is 4. The van der Waals surface area contributed by atoms with Crippen LogP contribution < -0.4 is 26.0 Å². The van der Waals surface area contributed by atoms with Crippen molar-refractivity contribution in [2.45, 2.75) is 6.54 Å². The Hall–Kier alpha value is -3.56. The molecule has 0 atom stereocenters. The van der Waals surface area contributed by atoms with Crippen LogP contribution in [-0.2, 0) is 25.4 Å². The highest BCUT2D eigenvalue weighted by Crippen LogP contribution is 2.25. The number of anilines is 1. The maximum atomic E-state index is 12.5. The Morgan fingerprint density at radius 3 is 2.30 bits per heavy atom. The van der Waals surface area contributed by atoms with E-state index in [1.165, 1.54) is 43.8 Å². The van der Waals surface area contributed by atoms with Gasteiger partial charge >= 0.3 is 5.69 Å². The lowest BCUT2D eigenvalue weighted by atomic mass is 10.2. The van der Waals surface area contributed by atoms with E-state index in [1.807, 2.05) is 0 Å². The molecule has 142 valence electrons. The summed E-state index contributed by atoms with van der Waals surface area (Å²) < 4.78 is 14.0. The van der Waals surface area contributed by atoms with Crippen LogP contribution in [0.1, 0.15) is 0 Å². The summed E-state index contributed by atoms with van der Waals surface area (Å²) in [5.41, 5.74) is -0.107. The van der Waals surface area contributed by atoms with E-state index in [4.69, 9.17) is 9.47 Å². The summed E-state index contributed by atoms with van der Waals surface area (Å²) >= 11 is 0. The highest BCUT2D eigenvalue weighted by atomic mass is 16.5. The molecule has 3 rings (SSSR count). The van der Waals surface area contributed by atoms with Gasteiger partial charge in [-0.15, -0.1) is 0 Å². The summed E-state index contributed by atoms with van der Waals surface area (Å²) in [4.78, 5) is 40.9. The van der Waals surface area contributed by atoms with Gasteiger partial charge in [-0.1, -0.05) is 0 Å². The third kappa shape index (κ3) is 3.28. The number of fused-ring (bicyclic) bond motifs is 1. The van der Waals surface area contributed by atoms with Gasteiger partial charge in [0, 0.05) is 38.0 Å². The van der Waals surface area contributed by atoms with E-state index in [0.29, 0.717) is 17.2 Å². The zero-order chi connectivity index (χ0) is 19.7. The first-order valence-corrected chi connectivity index (χ1v) is 7.99. The number of hydrogen-bond donors (Lipinski definition) is 1. The third-order valence-electron chi connectivity index (χ3n) is 4.17. The minimum absolute atomic E-state index is 0.149. The molecule has 0 saturated heterocycles. The first-order valence-electron chi connectivity index (χ1n) is 7.99. The van der Waals surface area contributed by atoms with Crippen LogP contribution in [0.5, 0.6) is 11.5 Å². The van der Waals surface area contributed by atoms with E-state index in [0.717, 1.165) is 4.57 Å². The predicted molar refractivity (Wildman–Crippen MR) is 98.4 cm³/mol. The van der Waals surface area contributed by atoms with Gasteiger partial charge in [0.25, 0.3) is 5.56 Å². The van der Waals surface area contributed by atoms with Crippen LogP contribution in [0.15, 0.2) is 34.1 Å². The average Bonchev–Trinajstić information content (AvgIpc) is 3.07. The summed E-state index contributed by atoms with van der Waals surface area (Å²) in [5.74, 6) is 0.684. The van der Waals surface area contributed by atoms with E-state index < -0.39 is 11.2 Å². The number of hydrogen-bond acceptors (Lipinski definition) is 6. The van der Waals surface area contributed by atoms with Gasteiger partial charge in [0.1, 0.15) is 18.0 Å². The second-order valence-corrected chi connectivity index (χ2v) is 5.90. The Morgan fingerprint density at radius 2 is 1.70 bits per heavy atom. The summed E-state index contributed by atoms with van der Waals surface area (Å²) in [7, 11) is 5.92. The number of aryl methyl sites for hydroxylation is 1. The Balaban J connectivity index is 1.92. The van der Waals surface area contributed by atoms with Crippen molar-refractivity contribution in [1.82, 2.24) is 18.7 Å². The second-order valence-electron chi connectivity index (χ2n) is 5.90. The number of ether oxygens (including phenoxy) is 2. The fourth-order valence-corrected chi connectivity index (χ4v) is 2.75. The summed E-state index contributed by atoms with van der Waals surface area (Å²) in [6, 6.07) is 4.98. The molecule has 0 saturated carbocycles. The Morgan fingerprint density at radius 1 is 1.07 bits per heavy atom. The molecule has 0 aliphatic rings. The lowest BCUT2D eigenvalue weighted by Crippen LogP contribution is -2.37. The lowest BCUT2D eigenvalue weighted by Gasteiger charge is -2.10. The van der Waals surface area contributed by atoms with Gasteiger partial charge in [0.05, 0.1) is 20.5 Å². The van der Waals surface area contributed by atoms with Gasteiger partial charge < -0.3 is 19.4 Å². The first-order chi connectivity index (χ1) is 12.8. The van der Waals surface area contributed by atoms with E-state index in [1.54, 1.807) is 18.2 Å². The molecule has 1 aromatic carbocycles. The minimum atomic E-state index is -0.513. The summed E-state index contributed by atoms with van der Waals surface area (Å²) in [5, 5.41) is 2.73. The number of benzene rings is 1. The Labute approximate surface area is 153 Å². The number of aromatic nitrogens is 4. The maximum absolute atomic E-state index is 12.5. The number of amides is 1. The van der Waals surface area contributed by atoms with Crippen LogP contribution >= 0.6 is 0 Å². The molecule has 0 radical (unpaired) electrons. The van der Waals surface area contributed by atoms with Crippen molar-refractivity contribution < 1.29 is 14.3 Å².